The number of piperidine rings is 2. The second-order valence-corrected chi connectivity index (χ2v) is 7.84. The van der Waals surface area contributed by atoms with Crippen LogP contribution in [0.15, 0.2) is 34.9 Å². The van der Waals surface area contributed by atoms with Crippen LogP contribution >= 0.6 is 0 Å². The highest BCUT2D eigenvalue weighted by atomic mass is 19.1. The molecule has 0 unspecified atom stereocenters. The van der Waals surface area contributed by atoms with Gasteiger partial charge >= 0.3 is 0 Å². The van der Waals surface area contributed by atoms with Crippen LogP contribution in [0.5, 0.6) is 0 Å². The average Bonchev–Trinajstić information content (AvgIpc) is 3.16. The molecule has 0 saturated carbocycles. The molecular weight excluding hydrogens is 361 g/mol. The molecular formula is C21H24FN3O3. The van der Waals surface area contributed by atoms with Gasteiger partial charge in [0, 0.05) is 31.6 Å². The summed E-state index contributed by atoms with van der Waals surface area (Å²) in [6.07, 6.45) is 3.40. The maximum absolute atomic E-state index is 14.0. The van der Waals surface area contributed by atoms with Gasteiger partial charge in [-0.1, -0.05) is 17.3 Å². The number of rotatable bonds is 2. The predicted octanol–water partition coefficient (Wildman–Crippen LogP) is 3.49. The van der Waals surface area contributed by atoms with Gasteiger partial charge in [-0.05, 0) is 44.7 Å². The van der Waals surface area contributed by atoms with Crippen LogP contribution in [0.4, 0.5) is 4.39 Å². The number of fused-ring (bicyclic) bond motifs is 1. The molecule has 0 spiro atoms. The molecule has 4 rings (SSSR count). The van der Waals surface area contributed by atoms with Crippen molar-refractivity contribution < 1.29 is 18.5 Å². The predicted molar refractivity (Wildman–Crippen MR) is 101 cm³/mol. The smallest absolute Gasteiger partial charge is 0.293 e. The van der Waals surface area contributed by atoms with Crippen LogP contribution < -0.4 is 0 Å². The van der Waals surface area contributed by atoms with Crippen molar-refractivity contribution in [1.29, 1.82) is 0 Å². The number of amides is 2. The molecule has 28 heavy (non-hydrogen) atoms. The summed E-state index contributed by atoms with van der Waals surface area (Å²) in [5.74, 6) is -0.524. The summed E-state index contributed by atoms with van der Waals surface area (Å²) in [6, 6.07) is 7.77. The zero-order valence-corrected chi connectivity index (χ0v) is 16.2. The van der Waals surface area contributed by atoms with Gasteiger partial charge in [0.15, 0.2) is 0 Å². The van der Waals surface area contributed by atoms with Crippen molar-refractivity contribution in [1.82, 2.24) is 15.0 Å². The molecule has 2 aromatic rings. The van der Waals surface area contributed by atoms with Crippen molar-refractivity contribution in [3.63, 3.8) is 0 Å². The number of hydrogen-bond acceptors (Lipinski definition) is 4. The Labute approximate surface area is 163 Å². The number of benzene rings is 1. The fourth-order valence-electron chi connectivity index (χ4n) is 4.76. The molecule has 0 bridgehead atoms. The van der Waals surface area contributed by atoms with Crippen LogP contribution in [0.1, 0.15) is 50.1 Å². The molecule has 148 valence electrons. The van der Waals surface area contributed by atoms with E-state index < -0.39 is 11.4 Å². The molecule has 6 nitrogen and oxygen atoms in total. The Morgan fingerprint density at radius 3 is 2.79 bits per heavy atom. The molecule has 2 aliphatic heterocycles. The Morgan fingerprint density at radius 2 is 2.04 bits per heavy atom. The van der Waals surface area contributed by atoms with Crippen LogP contribution in [-0.2, 0) is 4.79 Å². The third-order valence-electron chi connectivity index (χ3n) is 6.17. The van der Waals surface area contributed by atoms with Crippen LogP contribution in [0.25, 0.3) is 11.3 Å². The van der Waals surface area contributed by atoms with Crippen molar-refractivity contribution in [2.24, 2.45) is 0 Å². The number of nitrogens with zero attached hydrogens (tertiary/aromatic N) is 3. The number of carbonyl (C=O) groups is 2. The van der Waals surface area contributed by atoms with Crippen molar-refractivity contribution >= 4 is 11.8 Å². The minimum atomic E-state index is -0.440. The molecule has 0 radical (unpaired) electrons. The quantitative estimate of drug-likeness (QED) is 0.794. The highest BCUT2D eigenvalue weighted by Crippen LogP contribution is 2.40. The van der Waals surface area contributed by atoms with Gasteiger partial charge in [-0.15, -0.1) is 0 Å². The zero-order chi connectivity index (χ0) is 19.9. The van der Waals surface area contributed by atoms with E-state index in [1.165, 1.54) is 12.1 Å². The van der Waals surface area contributed by atoms with E-state index in [9.17, 15) is 14.0 Å². The molecule has 3 heterocycles. The monoisotopic (exact) mass is 385 g/mol. The van der Waals surface area contributed by atoms with Gasteiger partial charge in [0.2, 0.25) is 11.7 Å². The van der Waals surface area contributed by atoms with Crippen LogP contribution in [0, 0.1) is 5.82 Å². The lowest BCUT2D eigenvalue weighted by molar-refractivity contribution is -0.140. The van der Waals surface area contributed by atoms with E-state index >= 15 is 0 Å². The average molecular weight is 385 g/mol. The maximum Gasteiger partial charge on any atom is 0.293 e. The van der Waals surface area contributed by atoms with Gasteiger partial charge in [0.1, 0.15) is 11.5 Å². The molecule has 2 fully saturated rings. The van der Waals surface area contributed by atoms with E-state index in [4.69, 9.17) is 4.52 Å². The minimum absolute atomic E-state index is 0.00501. The summed E-state index contributed by atoms with van der Waals surface area (Å²) in [5, 5.41) is 3.91. The second-order valence-electron chi connectivity index (χ2n) is 7.84. The Morgan fingerprint density at radius 1 is 1.25 bits per heavy atom. The summed E-state index contributed by atoms with van der Waals surface area (Å²) in [4.78, 5) is 29.1. The zero-order valence-electron chi connectivity index (χ0n) is 16.2. The standard InChI is InChI=1S/C21H24FN3O3/c1-14(26)24-11-6-10-21(2)19(24)9-5-12-25(21)20(27)18-13-17(23-28-18)15-7-3-4-8-16(15)22/h3-4,7-8,13,19H,5-6,9-12H2,1-2H3/t19-,21-/m0/s1. The molecule has 0 aliphatic carbocycles. The topological polar surface area (TPSA) is 66.7 Å². The molecule has 2 saturated heterocycles. The summed E-state index contributed by atoms with van der Waals surface area (Å²) < 4.78 is 19.3. The van der Waals surface area contributed by atoms with Crippen LogP contribution in [0.2, 0.25) is 0 Å². The number of halogens is 1. The van der Waals surface area contributed by atoms with Gasteiger partial charge in [0.05, 0.1) is 11.6 Å². The Hall–Kier alpha value is -2.70. The SMILES string of the molecule is CC(=O)N1CCC[C@@]2(C)[C@@H]1CCCN2C(=O)c1cc(-c2ccccc2F)no1. The maximum atomic E-state index is 14.0. The van der Waals surface area contributed by atoms with Crippen LogP contribution in [-0.4, -0.2) is 51.4 Å². The molecule has 2 atom stereocenters. The van der Waals surface area contributed by atoms with E-state index in [1.54, 1.807) is 25.1 Å². The van der Waals surface area contributed by atoms with Gasteiger partial charge in [-0.3, -0.25) is 9.59 Å². The van der Waals surface area contributed by atoms with E-state index in [2.05, 4.69) is 12.1 Å². The fourth-order valence-corrected chi connectivity index (χ4v) is 4.76. The highest BCUT2D eigenvalue weighted by molar-refractivity contribution is 5.93. The third-order valence-corrected chi connectivity index (χ3v) is 6.17. The third kappa shape index (κ3) is 2.99. The van der Waals surface area contributed by atoms with E-state index in [-0.39, 0.29) is 23.6 Å². The highest BCUT2D eigenvalue weighted by Gasteiger charge is 2.50. The van der Waals surface area contributed by atoms with E-state index in [0.717, 1.165) is 32.2 Å². The lowest BCUT2D eigenvalue weighted by Gasteiger charge is -2.56. The summed E-state index contributed by atoms with van der Waals surface area (Å²) >= 11 is 0. The summed E-state index contributed by atoms with van der Waals surface area (Å²) in [7, 11) is 0. The van der Waals surface area contributed by atoms with Crippen molar-refractivity contribution in [2.75, 3.05) is 13.1 Å². The molecule has 2 amide bonds. The molecule has 1 aromatic carbocycles. The van der Waals surface area contributed by atoms with Crippen molar-refractivity contribution in [3.05, 3.63) is 41.9 Å². The lowest BCUT2D eigenvalue weighted by atomic mass is 9.76. The van der Waals surface area contributed by atoms with E-state index in [0.29, 0.717) is 17.8 Å². The minimum Gasteiger partial charge on any atom is -0.350 e. The summed E-state index contributed by atoms with van der Waals surface area (Å²) in [5.41, 5.74) is 0.159. The molecule has 2 aliphatic rings. The largest absolute Gasteiger partial charge is 0.350 e. The first-order valence-electron chi connectivity index (χ1n) is 9.72. The summed E-state index contributed by atoms with van der Waals surface area (Å²) in [6.45, 7) is 4.98. The van der Waals surface area contributed by atoms with Crippen molar-refractivity contribution in [3.8, 4) is 11.3 Å². The number of aromatic nitrogens is 1. The Balaban J connectivity index is 1.63. The lowest BCUT2D eigenvalue weighted by Crippen LogP contribution is -2.68. The fraction of sp³-hybridized carbons (Fsp3) is 0.476. The van der Waals surface area contributed by atoms with Gasteiger partial charge in [-0.25, -0.2) is 4.39 Å². The molecule has 1 aromatic heterocycles. The number of carbonyl (C=O) groups excluding carboxylic acids is 2. The Kier molecular flexibility index (Phi) is 4.69. The first kappa shape index (κ1) is 18.7. The van der Waals surface area contributed by atoms with Crippen LogP contribution in [0.3, 0.4) is 0 Å². The van der Waals surface area contributed by atoms with Gasteiger partial charge in [-0.2, -0.15) is 0 Å². The van der Waals surface area contributed by atoms with E-state index in [1.807, 2.05) is 9.80 Å². The number of hydrogen-bond donors (Lipinski definition) is 0. The second kappa shape index (κ2) is 7.04. The normalized spacial score (nSPS) is 24.8. The molecule has 7 heteroatoms. The van der Waals surface area contributed by atoms with Crippen molar-refractivity contribution in [2.45, 2.75) is 51.1 Å². The Bertz CT molecular complexity index is 912. The first-order valence-corrected chi connectivity index (χ1v) is 9.72. The van der Waals surface area contributed by atoms with Gasteiger partial charge < -0.3 is 14.3 Å². The molecule has 0 N–H and O–H groups in total. The van der Waals surface area contributed by atoms with Gasteiger partial charge in [0.25, 0.3) is 5.91 Å². The number of likely N-dealkylation sites (tertiary alicyclic amines) is 2. The first-order chi connectivity index (χ1) is 13.4.